The zero-order valence-electron chi connectivity index (χ0n) is 6.80. The van der Waals surface area contributed by atoms with Crippen LogP contribution in [0, 0.1) is 5.41 Å². The third-order valence-electron chi connectivity index (χ3n) is 2.16. The lowest BCUT2D eigenvalue weighted by atomic mass is 9.82. The van der Waals surface area contributed by atoms with Crippen molar-refractivity contribution in [2.75, 3.05) is 19.8 Å². The molecule has 0 radical (unpaired) electrons. The SMILES string of the molecule is CC(=O)CCC1(CO)COC1. The standard InChI is InChI=1S/C8H14O3/c1-7(10)2-3-8(4-9)5-11-6-8/h9H,2-6H2,1H3. The summed E-state index contributed by atoms with van der Waals surface area (Å²) in [7, 11) is 0. The Labute approximate surface area is 66.4 Å². The van der Waals surface area contributed by atoms with E-state index in [1.165, 1.54) is 0 Å². The van der Waals surface area contributed by atoms with E-state index in [4.69, 9.17) is 9.84 Å². The summed E-state index contributed by atoms with van der Waals surface area (Å²) in [4.78, 5) is 10.6. The van der Waals surface area contributed by atoms with E-state index in [1.807, 2.05) is 0 Å². The quantitative estimate of drug-likeness (QED) is 0.642. The van der Waals surface area contributed by atoms with Crippen molar-refractivity contribution in [3.05, 3.63) is 0 Å². The molecule has 3 nitrogen and oxygen atoms in total. The summed E-state index contributed by atoms with van der Waals surface area (Å²) in [5.41, 5.74) is -0.0916. The van der Waals surface area contributed by atoms with Crippen molar-refractivity contribution in [1.82, 2.24) is 0 Å². The van der Waals surface area contributed by atoms with E-state index in [9.17, 15) is 4.79 Å². The topological polar surface area (TPSA) is 46.5 Å². The fraction of sp³-hybridized carbons (Fsp3) is 0.875. The third-order valence-corrected chi connectivity index (χ3v) is 2.16. The van der Waals surface area contributed by atoms with Crippen LogP contribution in [0.25, 0.3) is 0 Å². The maximum atomic E-state index is 10.6. The molecule has 0 spiro atoms. The van der Waals surface area contributed by atoms with Crippen molar-refractivity contribution in [3.8, 4) is 0 Å². The molecule has 1 aliphatic rings. The summed E-state index contributed by atoms with van der Waals surface area (Å²) in [5, 5.41) is 8.96. The fourth-order valence-electron chi connectivity index (χ4n) is 1.15. The van der Waals surface area contributed by atoms with Crippen LogP contribution in [-0.4, -0.2) is 30.7 Å². The van der Waals surface area contributed by atoms with Crippen LogP contribution >= 0.6 is 0 Å². The van der Waals surface area contributed by atoms with Gasteiger partial charge in [-0.3, -0.25) is 0 Å². The van der Waals surface area contributed by atoms with E-state index in [-0.39, 0.29) is 17.8 Å². The van der Waals surface area contributed by atoms with Crippen molar-refractivity contribution in [2.45, 2.75) is 19.8 Å². The van der Waals surface area contributed by atoms with Crippen LogP contribution in [0.3, 0.4) is 0 Å². The molecule has 0 aliphatic carbocycles. The van der Waals surface area contributed by atoms with Crippen molar-refractivity contribution >= 4 is 5.78 Å². The number of ketones is 1. The minimum atomic E-state index is -0.0916. The molecule has 1 N–H and O–H groups in total. The highest BCUT2D eigenvalue weighted by molar-refractivity contribution is 5.75. The van der Waals surface area contributed by atoms with Gasteiger partial charge in [-0.25, -0.2) is 0 Å². The van der Waals surface area contributed by atoms with Gasteiger partial charge in [0.2, 0.25) is 0 Å². The summed E-state index contributed by atoms with van der Waals surface area (Å²) in [6.07, 6.45) is 1.32. The zero-order valence-corrected chi connectivity index (χ0v) is 6.80. The summed E-state index contributed by atoms with van der Waals surface area (Å²) >= 11 is 0. The fourth-order valence-corrected chi connectivity index (χ4v) is 1.15. The molecule has 1 heterocycles. The number of hydrogen-bond donors (Lipinski definition) is 1. The van der Waals surface area contributed by atoms with Gasteiger partial charge >= 0.3 is 0 Å². The van der Waals surface area contributed by atoms with E-state index >= 15 is 0 Å². The Morgan fingerprint density at radius 2 is 2.27 bits per heavy atom. The first-order valence-electron chi connectivity index (χ1n) is 3.87. The average Bonchev–Trinajstić information content (AvgIpc) is 1.86. The van der Waals surface area contributed by atoms with Gasteiger partial charge in [-0.1, -0.05) is 0 Å². The predicted octanol–water partition coefficient (Wildman–Crippen LogP) is 0.364. The number of carbonyl (C=O) groups excluding carboxylic acids is 1. The van der Waals surface area contributed by atoms with Gasteiger partial charge in [0.1, 0.15) is 5.78 Å². The number of carbonyl (C=O) groups is 1. The molecule has 0 saturated carbocycles. The van der Waals surface area contributed by atoms with E-state index < -0.39 is 0 Å². The number of Topliss-reactive ketones (excluding diaryl/α,β-unsaturated/α-hetero) is 1. The lowest BCUT2D eigenvalue weighted by Crippen LogP contribution is -2.45. The maximum absolute atomic E-state index is 10.6. The van der Waals surface area contributed by atoms with E-state index in [1.54, 1.807) is 6.92 Å². The summed E-state index contributed by atoms with van der Waals surface area (Å²) in [6.45, 7) is 2.93. The molecule has 1 saturated heterocycles. The molecule has 0 aromatic rings. The minimum Gasteiger partial charge on any atom is -0.396 e. The molecule has 0 aromatic heterocycles. The van der Waals surface area contributed by atoms with Crippen molar-refractivity contribution < 1.29 is 14.6 Å². The lowest BCUT2D eigenvalue weighted by molar-refractivity contribution is -0.144. The second kappa shape index (κ2) is 3.32. The normalized spacial score (nSPS) is 20.9. The van der Waals surface area contributed by atoms with Gasteiger partial charge in [-0.2, -0.15) is 0 Å². The first kappa shape index (κ1) is 8.68. The predicted molar refractivity (Wildman–Crippen MR) is 40.3 cm³/mol. The number of hydrogen-bond acceptors (Lipinski definition) is 3. The maximum Gasteiger partial charge on any atom is 0.129 e. The Balaban J connectivity index is 2.27. The van der Waals surface area contributed by atoms with Gasteiger partial charge in [-0.05, 0) is 13.3 Å². The number of aliphatic hydroxyl groups excluding tert-OH is 1. The van der Waals surface area contributed by atoms with Crippen molar-refractivity contribution in [3.63, 3.8) is 0 Å². The molecular formula is C8H14O3. The molecule has 0 atom stereocenters. The van der Waals surface area contributed by atoms with Gasteiger partial charge in [0.15, 0.2) is 0 Å². The van der Waals surface area contributed by atoms with E-state index in [0.29, 0.717) is 19.6 Å². The molecule has 0 aromatic carbocycles. The zero-order chi connectivity index (χ0) is 8.32. The molecule has 64 valence electrons. The van der Waals surface area contributed by atoms with Crippen molar-refractivity contribution in [1.29, 1.82) is 0 Å². The molecule has 0 unspecified atom stereocenters. The second-order valence-electron chi connectivity index (χ2n) is 3.35. The molecular weight excluding hydrogens is 144 g/mol. The first-order chi connectivity index (χ1) is 5.18. The number of rotatable bonds is 4. The second-order valence-corrected chi connectivity index (χ2v) is 3.35. The largest absolute Gasteiger partial charge is 0.396 e. The summed E-state index contributed by atoms with van der Waals surface area (Å²) in [6, 6.07) is 0. The van der Waals surface area contributed by atoms with Crippen LogP contribution in [0.5, 0.6) is 0 Å². The Bertz CT molecular complexity index is 144. The molecule has 11 heavy (non-hydrogen) atoms. The molecule has 1 aliphatic heterocycles. The van der Waals surface area contributed by atoms with Gasteiger partial charge in [0.25, 0.3) is 0 Å². The third kappa shape index (κ3) is 2.01. The van der Waals surface area contributed by atoms with E-state index in [0.717, 1.165) is 6.42 Å². The Morgan fingerprint density at radius 3 is 2.55 bits per heavy atom. The van der Waals surface area contributed by atoms with E-state index in [2.05, 4.69) is 0 Å². The highest BCUT2D eigenvalue weighted by atomic mass is 16.5. The first-order valence-corrected chi connectivity index (χ1v) is 3.87. The summed E-state index contributed by atoms with van der Waals surface area (Å²) in [5.74, 6) is 0.185. The van der Waals surface area contributed by atoms with Crippen molar-refractivity contribution in [2.24, 2.45) is 5.41 Å². The van der Waals surface area contributed by atoms with Gasteiger partial charge < -0.3 is 14.6 Å². The average molecular weight is 158 g/mol. The minimum absolute atomic E-state index is 0.0916. The van der Waals surface area contributed by atoms with Crippen LogP contribution in [-0.2, 0) is 9.53 Å². The van der Waals surface area contributed by atoms with Gasteiger partial charge in [0, 0.05) is 11.8 Å². The lowest BCUT2D eigenvalue weighted by Gasteiger charge is -2.39. The van der Waals surface area contributed by atoms with Gasteiger partial charge in [-0.15, -0.1) is 0 Å². The van der Waals surface area contributed by atoms with Crippen LogP contribution in [0.2, 0.25) is 0 Å². The highest BCUT2D eigenvalue weighted by Crippen LogP contribution is 2.31. The number of ether oxygens (including phenoxy) is 1. The van der Waals surface area contributed by atoms with Gasteiger partial charge in [0.05, 0.1) is 19.8 Å². The molecule has 1 fully saturated rings. The van der Waals surface area contributed by atoms with Crippen LogP contribution in [0.1, 0.15) is 19.8 Å². The Kier molecular flexibility index (Phi) is 2.62. The highest BCUT2D eigenvalue weighted by Gasteiger charge is 2.37. The molecule has 3 heteroatoms. The smallest absolute Gasteiger partial charge is 0.129 e. The molecule has 0 bridgehead atoms. The Morgan fingerprint density at radius 1 is 1.64 bits per heavy atom. The Hall–Kier alpha value is -0.410. The van der Waals surface area contributed by atoms with Crippen LogP contribution < -0.4 is 0 Å². The molecule has 0 amide bonds. The monoisotopic (exact) mass is 158 g/mol. The van der Waals surface area contributed by atoms with Crippen LogP contribution in [0.4, 0.5) is 0 Å². The number of aliphatic hydroxyl groups is 1. The van der Waals surface area contributed by atoms with Crippen LogP contribution in [0.15, 0.2) is 0 Å². The molecule has 1 rings (SSSR count). The summed E-state index contributed by atoms with van der Waals surface area (Å²) < 4.78 is 4.99.